The Morgan fingerprint density at radius 3 is 2.30 bits per heavy atom. The lowest BCUT2D eigenvalue weighted by molar-refractivity contribution is -0.141. The van der Waals surface area contributed by atoms with Crippen LogP contribution in [0.1, 0.15) is 33.6 Å². The van der Waals surface area contributed by atoms with E-state index in [0.29, 0.717) is 6.42 Å². The summed E-state index contributed by atoms with van der Waals surface area (Å²) < 4.78 is 0. The molecular formula is C13H21N3O4. The van der Waals surface area contributed by atoms with E-state index in [9.17, 15) is 19.2 Å². The molecule has 0 heterocycles. The summed E-state index contributed by atoms with van der Waals surface area (Å²) in [6, 6.07) is 0. The zero-order chi connectivity index (χ0) is 15.7. The Kier molecular flexibility index (Phi) is 7.88. The molecule has 0 aromatic carbocycles. The average Bonchev–Trinajstić information content (AvgIpc) is 2.43. The molecule has 0 saturated heterocycles. The molecule has 1 atom stereocenters. The average molecular weight is 283 g/mol. The molecule has 0 aromatic rings. The molecule has 0 aliphatic heterocycles. The summed E-state index contributed by atoms with van der Waals surface area (Å²) in [6.45, 7) is 8.04. The summed E-state index contributed by atoms with van der Waals surface area (Å²) in [5.74, 6) is -2.00. The monoisotopic (exact) mass is 283 g/mol. The second kappa shape index (κ2) is 8.84. The Labute approximate surface area is 118 Å². The van der Waals surface area contributed by atoms with Crippen LogP contribution in [-0.4, -0.2) is 35.1 Å². The lowest BCUT2D eigenvalue weighted by Gasteiger charge is -2.17. The van der Waals surface area contributed by atoms with Crippen LogP contribution < -0.4 is 10.9 Å². The van der Waals surface area contributed by atoms with Crippen molar-refractivity contribution in [2.75, 3.05) is 6.54 Å². The molecule has 0 aliphatic rings. The summed E-state index contributed by atoms with van der Waals surface area (Å²) in [4.78, 5) is 46.4. The Morgan fingerprint density at radius 2 is 1.85 bits per heavy atom. The predicted molar refractivity (Wildman–Crippen MR) is 72.9 cm³/mol. The molecule has 20 heavy (non-hydrogen) atoms. The molecule has 7 nitrogen and oxygen atoms in total. The van der Waals surface area contributed by atoms with E-state index in [1.54, 1.807) is 6.92 Å². The van der Waals surface area contributed by atoms with Gasteiger partial charge in [0.1, 0.15) is 0 Å². The quantitative estimate of drug-likeness (QED) is 0.535. The minimum absolute atomic E-state index is 0.0643. The van der Waals surface area contributed by atoms with Crippen molar-refractivity contribution in [1.29, 1.82) is 0 Å². The first-order valence-electron chi connectivity index (χ1n) is 6.36. The number of nitrogens with one attached hydrogen (secondary N) is 2. The minimum atomic E-state index is -0.561. The summed E-state index contributed by atoms with van der Waals surface area (Å²) >= 11 is 0. The normalized spacial score (nSPS) is 11.2. The van der Waals surface area contributed by atoms with Crippen molar-refractivity contribution in [2.45, 2.75) is 33.6 Å². The first kappa shape index (κ1) is 17.8. The number of imide groups is 1. The molecule has 1 unspecified atom stereocenters. The molecule has 0 radical (unpaired) electrons. The third kappa shape index (κ3) is 6.12. The fraction of sp³-hybridized carbons (Fsp3) is 0.538. The van der Waals surface area contributed by atoms with Crippen molar-refractivity contribution < 1.29 is 19.2 Å². The second-order valence-corrected chi connectivity index (χ2v) is 4.31. The van der Waals surface area contributed by atoms with Crippen LogP contribution in [0.15, 0.2) is 12.7 Å². The smallest absolute Gasteiger partial charge is 0.252 e. The van der Waals surface area contributed by atoms with E-state index in [0.717, 1.165) is 11.0 Å². The van der Waals surface area contributed by atoms with Crippen molar-refractivity contribution in [1.82, 2.24) is 15.8 Å². The zero-order valence-corrected chi connectivity index (χ0v) is 12.1. The summed E-state index contributed by atoms with van der Waals surface area (Å²) in [7, 11) is 0. The third-order valence-corrected chi connectivity index (χ3v) is 2.77. The molecule has 7 heteroatoms. The van der Waals surface area contributed by atoms with Crippen LogP contribution >= 0.6 is 0 Å². The minimum Gasteiger partial charge on any atom is -0.279 e. The van der Waals surface area contributed by atoms with Crippen LogP contribution in [0.25, 0.3) is 0 Å². The van der Waals surface area contributed by atoms with E-state index >= 15 is 0 Å². The van der Waals surface area contributed by atoms with E-state index in [1.807, 2.05) is 6.92 Å². The van der Waals surface area contributed by atoms with Gasteiger partial charge in [0.05, 0.1) is 0 Å². The van der Waals surface area contributed by atoms with Gasteiger partial charge in [0, 0.05) is 25.8 Å². The van der Waals surface area contributed by atoms with Crippen molar-refractivity contribution >= 4 is 23.6 Å². The summed E-state index contributed by atoms with van der Waals surface area (Å²) in [5, 5.41) is 0. The maximum atomic E-state index is 11.5. The lowest BCUT2D eigenvalue weighted by Crippen LogP contribution is -2.45. The fourth-order valence-electron chi connectivity index (χ4n) is 1.25. The highest BCUT2D eigenvalue weighted by molar-refractivity contribution is 6.00. The summed E-state index contributed by atoms with van der Waals surface area (Å²) in [5.41, 5.74) is 4.52. The topological polar surface area (TPSA) is 95.6 Å². The van der Waals surface area contributed by atoms with Crippen LogP contribution in [0, 0.1) is 5.92 Å². The van der Waals surface area contributed by atoms with Crippen LogP contribution in [0.2, 0.25) is 0 Å². The highest BCUT2D eigenvalue weighted by Gasteiger charge is 2.17. The molecule has 2 N–H and O–H groups in total. The van der Waals surface area contributed by atoms with Crippen molar-refractivity contribution in [3.63, 3.8) is 0 Å². The maximum absolute atomic E-state index is 11.5. The van der Waals surface area contributed by atoms with Gasteiger partial charge in [-0.25, -0.2) is 0 Å². The Hall–Kier alpha value is -2.18. The standard InChI is InChI=1S/C13H21N3O4/c1-5-9(3)13(20)15-14-11(18)7-8-16(10(4)17)12(19)6-2/h6,9H,2,5,7-8H2,1,3-4H3,(H,14,18)(H,15,20). The molecule has 0 saturated carbocycles. The first-order chi connectivity index (χ1) is 9.33. The molecule has 0 aliphatic carbocycles. The van der Waals surface area contributed by atoms with Gasteiger partial charge in [-0.1, -0.05) is 20.4 Å². The van der Waals surface area contributed by atoms with E-state index in [-0.39, 0.29) is 24.8 Å². The molecule has 0 rings (SSSR count). The third-order valence-electron chi connectivity index (χ3n) is 2.77. The van der Waals surface area contributed by atoms with Crippen LogP contribution in [0.4, 0.5) is 0 Å². The number of nitrogens with zero attached hydrogens (tertiary/aromatic N) is 1. The van der Waals surface area contributed by atoms with E-state index in [1.165, 1.54) is 6.92 Å². The predicted octanol–water partition coefficient (Wildman–Crippen LogP) is 0.131. The van der Waals surface area contributed by atoms with E-state index in [4.69, 9.17) is 0 Å². The second-order valence-electron chi connectivity index (χ2n) is 4.31. The number of rotatable bonds is 6. The molecule has 112 valence electrons. The molecule has 0 bridgehead atoms. The number of amides is 4. The molecule has 0 fully saturated rings. The Bertz CT molecular complexity index is 406. The number of carbonyl (C=O) groups is 4. The molecule has 0 aromatic heterocycles. The fourth-order valence-corrected chi connectivity index (χ4v) is 1.25. The Balaban J connectivity index is 4.21. The molecule has 4 amide bonds. The largest absolute Gasteiger partial charge is 0.279 e. The Morgan fingerprint density at radius 1 is 1.25 bits per heavy atom. The van der Waals surface area contributed by atoms with E-state index < -0.39 is 17.7 Å². The van der Waals surface area contributed by atoms with Gasteiger partial charge in [0.25, 0.3) is 5.91 Å². The highest BCUT2D eigenvalue weighted by atomic mass is 16.2. The molecular weight excluding hydrogens is 262 g/mol. The van der Waals surface area contributed by atoms with Gasteiger partial charge in [-0.15, -0.1) is 0 Å². The first-order valence-corrected chi connectivity index (χ1v) is 6.36. The summed E-state index contributed by atoms with van der Waals surface area (Å²) in [6.07, 6.45) is 1.57. The van der Waals surface area contributed by atoms with Gasteiger partial charge in [-0.3, -0.25) is 34.9 Å². The van der Waals surface area contributed by atoms with Crippen molar-refractivity contribution in [3.05, 3.63) is 12.7 Å². The highest BCUT2D eigenvalue weighted by Crippen LogP contribution is 1.99. The van der Waals surface area contributed by atoms with Crippen molar-refractivity contribution in [3.8, 4) is 0 Å². The molecule has 0 spiro atoms. The van der Waals surface area contributed by atoms with Crippen LogP contribution in [0.5, 0.6) is 0 Å². The van der Waals surface area contributed by atoms with E-state index in [2.05, 4.69) is 17.4 Å². The van der Waals surface area contributed by atoms with Gasteiger partial charge in [-0.05, 0) is 12.5 Å². The maximum Gasteiger partial charge on any atom is 0.252 e. The van der Waals surface area contributed by atoms with Crippen LogP contribution in [0.3, 0.4) is 0 Å². The number of hydrazine groups is 1. The number of hydrogen-bond acceptors (Lipinski definition) is 4. The SMILES string of the molecule is C=CC(=O)N(CCC(=O)NNC(=O)C(C)CC)C(C)=O. The van der Waals surface area contributed by atoms with Gasteiger partial charge < -0.3 is 0 Å². The zero-order valence-electron chi connectivity index (χ0n) is 12.1. The number of carbonyl (C=O) groups excluding carboxylic acids is 4. The van der Waals surface area contributed by atoms with Gasteiger partial charge in [0.15, 0.2) is 0 Å². The van der Waals surface area contributed by atoms with Crippen LogP contribution in [-0.2, 0) is 19.2 Å². The van der Waals surface area contributed by atoms with Gasteiger partial charge in [0.2, 0.25) is 17.7 Å². The van der Waals surface area contributed by atoms with Gasteiger partial charge in [-0.2, -0.15) is 0 Å². The lowest BCUT2D eigenvalue weighted by atomic mass is 10.1. The van der Waals surface area contributed by atoms with Crippen molar-refractivity contribution in [2.24, 2.45) is 5.92 Å². The number of hydrogen-bond donors (Lipinski definition) is 2. The van der Waals surface area contributed by atoms with Gasteiger partial charge >= 0.3 is 0 Å².